The summed E-state index contributed by atoms with van der Waals surface area (Å²) >= 11 is 0. The zero-order chi connectivity index (χ0) is 13.3. The van der Waals surface area contributed by atoms with E-state index in [9.17, 15) is 0 Å². The molecule has 0 aliphatic rings. The highest BCUT2D eigenvalue weighted by Gasteiger charge is 2.23. The van der Waals surface area contributed by atoms with E-state index in [4.69, 9.17) is 8.85 Å². The molecule has 0 spiro atoms. The Morgan fingerprint density at radius 3 is 1.82 bits per heavy atom. The molecule has 0 aromatic carbocycles. The van der Waals surface area contributed by atoms with Gasteiger partial charge in [-0.15, -0.1) is 6.58 Å². The van der Waals surface area contributed by atoms with E-state index in [-0.39, 0.29) is 0 Å². The van der Waals surface area contributed by atoms with Crippen LogP contribution in [0.15, 0.2) is 12.7 Å². The van der Waals surface area contributed by atoms with Gasteiger partial charge in [0.1, 0.15) is 0 Å². The van der Waals surface area contributed by atoms with Crippen LogP contribution in [0, 0.1) is 11.8 Å². The van der Waals surface area contributed by atoms with E-state index in [0.29, 0.717) is 17.4 Å². The first-order valence-electron chi connectivity index (χ1n) is 6.86. The lowest BCUT2D eigenvalue weighted by Gasteiger charge is -2.24. The summed E-state index contributed by atoms with van der Waals surface area (Å²) in [5.41, 5.74) is 0.442. The fraction of sp³-hybridized carbons (Fsp3) is 0.857. The van der Waals surface area contributed by atoms with Crippen LogP contribution in [0.2, 0.25) is 5.54 Å². The van der Waals surface area contributed by atoms with E-state index in [1.54, 1.807) is 0 Å². The maximum atomic E-state index is 6.00. The minimum Gasteiger partial charge on any atom is -0.396 e. The van der Waals surface area contributed by atoms with Crippen LogP contribution in [-0.4, -0.2) is 22.5 Å². The Kier molecular flexibility index (Phi) is 9.79. The summed E-state index contributed by atoms with van der Waals surface area (Å²) in [7, 11) is -1.60. The van der Waals surface area contributed by atoms with Crippen LogP contribution < -0.4 is 0 Å². The first kappa shape index (κ1) is 16.9. The van der Waals surface area contributed by atoms with Crippen LogP contribution in [0.4, 0.5) is 0 Å². The first-order valence-corrected chi connectivity index (χ1v) is 8.47. The third kappa shape index (κ3) is 8.58. The van der Waals surface area contributed by atoms with Crippen molar-refractivity contribution in [2.45, 2.75) is 53.0 Å². The van der Waals surface area contributed by atoms with Gasteiger partial charge in [-0.3, -0.25) is 0 Å². The highest BCUT2D eigenvalue weighted by Crippen LogP contribution is 2.21. The lowest BCUT2D eigenvalue weighted by molar-refractivity contribution is 0.158. The fourth-order valence-corrected chi connectivity index (χ4v) is 4.14. The van der Waals surface area contributed by atoms with Crippen molar-refractivity contribution in [2.75, 3.05) is 13.2 Å². The highest BCUT2D eigenvalue weighted by atomic mass is 28.3. The Labute approximate surface area is 109 Å². The molecule has 0 aliphatic carbocycles. The van der Waals surface area contributed by atoms with Crippen molar-refractivity contribution in [3.8, 4) is 0 Å². The minimum atomic E-state index is -1.60. The number of hydrogen-bond acceptors (Lipinski definition) is 2. The number of hydrogen-bond donors (Lipinski definition) is 0. The SMILES string of the molecule is C=CC(CCC)[SiH](OCC(C)C)OCC(C)C. The van der Waals surface area contributed by atoms with Crippen molar-refractivity contribution < 1.29 is 8.85 Å². The summed E-state index contributed by atoms with van der Waals surface area (Å²) in [5, 5.41) is 0. The van der Waals surface area contributed by atoms with Gasteiger partial charge in [0.15, 0.2) is 0 Å². The van der Waals surface area contributed by atoms with E-state index < -0.39 is 9.28 Å². The second-order valence-electron chi connectivity index (χ2n) is 5.51. The maximum absolute atomic E-state index is 6.00. The molecule has 0 saturated carbocycles. The van der Waals surface area contributed by atoms with Crippen molar-refractivity contribution in [3.05, 3.63) is 12.7 Å². The molecule has 2 nitrogen and oxygen atoms in total. The van der Waals surface area contributed by atoms with Gasteiger partial charge in [0.25, 0.3) is 0 Å². The average molecular weight is 258 g/mol. The van der Waals surface area contributed by atoms with Crippen LogP contribution >= 0.6 is 0 Å². The van der Waals surface area contributed by atoms with Crippen LogP contribution in [-0.2, 0) is 8.85 Å². The molecular formula is C14H30O2Si. The second kappa shape index (κ2) is 9.86. The standard InChI is InChI=1S/C14H30O2Si/c1-7-9-14(8-2)17(15-10-12(3)4)16-11-13(5)6/h8,12-14,17H,2,7,9-11H2,1,3-6H3. The van der Waals surface area contributed by atoms with Gasteiger partial charge in [-0.1, -0.05) is 47.1 Å². The predicted octanol–water partition coefficient (Wildman–Crippen LogP) is 3.91. The number of rotatable bonds is 10. The van der Waals surface area contributed by atoms with Crippen molar-refractivity contribution in [1.29, 1.82) is 0 Å². The zero-order valence-electron chi connectivity index (χ0n) is 12.2. The molecule has 3 heteroatoms. The molecule has 0 rings (SSSR count). The molecule has 0 fully saturated rings. The van der Waals surface area contributed by atoms with E-state index >= 15 is 0 Å². The highest BCUT2D eigenvalue weighted by molar-refractivity contribution is 6.47. The number of allylic oxidation sites excluding steroid dienone is 1. The molecule has 17 heavy (non-hydrogen) atoms. The van der Waals surface area contributed by atoms with Crippen LogP contribution in [0.5, 0.6) is 0 Å². The maximum Gasteiger partial charge on any atom is 0.328 e. The van der Waals surface area contributed by atoms with Gasteiger partial charge in [-0.05, 0) is 18.3 Å². The summed E-state index contributed by atoms with van der Waals surface area (Å²) in [6.07, 6.45) is 4.33. The molecule has 0 bridgehead atoms. The summed E-state index contributed by atoms with van der Waals surface area (Å²) in [6.45, 7) is 16.5. The smallest absolute Gasteiger partial charge is 0.328 e. The van der Waals surface area contributed by atoms with E-state index in [1.165, 1.54) is 0 Å². The monoisotopic (exact) mass is 258 g/mol. The predicted molar refractivity (Wildman–Crippen MR) is 77.6 cm³/mol. The molecule has 0 amide bonds. The zero-order valence-corrected chi connectivity index (χ0v) is 13.4. The van der Waals surface area contributed by atoms with Crippen molar-refractivity contribution in [3.63, 3.8) is 0 Å². The minimum absolute atomic E-state index is 0.442. The Hall–Kier alpha value is -0.123. The van der Waals surface area contributed by atoms with Gasteiger partial charge in [0.2, 0.25) is 0 Å². The molecule has 0 aromatic heterocycles. The summed E-state index contributed by atoms with van der Waals surface area (Å²) in [4.78, 5) is 0. The lowest BCUT2D eigenvalue weighted by Crippen LogP contribution is -2.31. The van der Waals surface area contributed by atoms with Crippen molar-refractivity contribution in [1.82, 2.24) is 0 Å². The Balaban J connectivity index is 4.29. The fourth-order valence-electron chi connectivity index (χ4n) is 1.57. The molecule has 0 radical (unpaired) electrons. The molecule has 102 valence electrons. The topological polar surface area (TPSA) is 18.5 Å². The average Bonchev–Trinajstić information content (AvgIpc) is 2.26. The third-order valence-corrected chi connectivity index (χ3v) is 4.81. The normalized spacial score (nSPS) is 13.6. The Morgan fingerprint density at radius 1 is 1.06 bits per heavy atom. The molecule has 0 aliphatic heterocycles. The summed E-state index contributed by atoms with van der Waals surface area (Å²) in [5.74, 6) is 1.14. The van der Waals surface area contributed by atoms with Crippen LogP contribution in [0.3, 0.4) is 0 Å². The molecule has 1 atom stereocenters. The van der Waals surface area contributed by atoms with Gasteiger partial charge < -0.3 is 8.85 Å². The largest absolute Gasteiger partial charge is 0.396 e. The Morgan fingerprint density at radius 2 is 1.53 bits per heavy atom. The van der Waals surface area contributed by atoms with Crippen molar-refractivity contribution >= 4 is 9.28 Å². The third-order valence-electron chi connectivity index (χ3n) is 2.46. The lowest BCUT2D eigenvalue weighted by atomic mass is 10.2. The van der Waals surface area contributed by atoms with Gasteiger partial charge in [0, 0.05) is 18.8 Å². The molecular weight excluding hydrogens is 228 g/mol. The quantitative estimate of drug-likeness (QED) is 0.437. The molecule has 1 unspecified atom stereocenters. The van der Waals surface area contributed by atoms with Gasteiger partial charge in [-0.2, -0.15) is 0 Å². The molecule has 0 N–H and O–H groups in total. The molecule has 0 aromatic rings. The molecule has 0 heterocycles. The van der Waals surface area contributed by atoms with Crippen LogP contribution in [0.25, 0.3) is 0 Å². The Bertz CT molecular complexity index is 181. The summed E-state index contributed by atoms with van der Waals surface area (Å²) in [6, 6.07) is 0. The van der Waals surface area contributed by atoms with E-state index in [1.807, 2.05) is 6.08 Å². The van der Waals surface area contributed by atoms with E-state index in [0.717, 1.165) is 26.1 Å². The van der Waals surface area contributed by atoms with Crippen molar-refractivity contribution in [2.24, 2.45) is 11.8 Å². The van der Waals surface area contributed by atoms with Gasteiger partial charge >= 0.3 is 9.28 Å². The summed E-state index contributed by atoms with van der Waals surface area (Å²) < 4.78 is 12.0. The second-order valence-corrected chi connectivity index (χ2v) is 7.77. The first-order chi connectivity index (χ1) is 8.01. The van der Waals surface area contributed by atoms with Gasteiger partial charge in [0.05, 0.1) is 0 Å². The van der Waals surface area contributed by atoms with Crippen LogP contribution in [0.1, 0.15) is 47.5 Å². The van der Waals surface area contributed by atoms with E-state index in [2.05, 4.69) is 41.2 Å². The van der Waals surface area contributed by atoms with Gasteiger partial charge in [-0.25, -0.2) is 0 Å². The molecule has 0 saturated heterocycles.